The van der Waals surface area contributed by atoms with Crippen LogP contribution in [0.3, 0.4) is 0 Å². The fraction of sp³-hybridized carbons (Fsp3) is 0.280. The number of aromatic nitrogens is 3. The van der Waals surface area contributed by atoms with E-state index in [1.54, 1.807) is 20.4 Å². The van der Waals surface area contributed by atoms with E-state index in [9.17, 15) is 14.7 Å². The Morgan fingerprint density at radius 1 is 0.938 bits per heavy atom. The highest BCUT2D eigenvalue weighted by molar-refractivity contribution is 5.95. The first-order chi connectivity index (χ1) is 15.4. The average molecular weight is 431 g/mol. The molecule has 0 saturated heterocycles. The molecule has 2 aromatic heterocycles. The summed E-state index contributed by atoms with van der Waals surface area (Å²) in [5, 5.41) is 11.4. The van der Waals surface area contributed by atoms with Crippen LogP contribution in [-0.2, 0) is 26.9 Å². The number of methoxy groups -OCH3 is 1. The first-order valence-corrected chi connectivity index (χ1v) is 10.7. The Labute approximate surface area is 184 Å². The van der Waals surface area contributed by atoms with Crippen LogP contribution in [0.2, 0.25) is 0 Å². The topological polar surface area (TPSA) is 78.4 Å². The van der Waals surface area contributed by atoms with Gasteiger partial charge in [0.05, 0.1) is 29.4 Å². The van der Waals surface area contributed by atoms with Crippen molar-refractivity contribution in [3.05, 3.63) is 74.6 Å². The number of phenolic OH excluding ortho intramolecular Hbond substituents is 1. The summed E-state index contributed by atoms with van der Waals surface area (Å²) in [6, 6.07) is 11.3. The molecule has 7 heteroatoms. The van der Waals surface area contributed by atoms with Gasteiger partial charge in [-0.3, -0.25) is 13.9 Å². The lowest BCUT2D eigenvalue weighted by atomic mass is 9.91. The van der Waals surface area contributed by atoms with Crippen molar-refractivity contribution in [2.24, 2.45) is 14.1 Å². The molecular weight excluding hydrogens is 406 g/mol. The molecule has 2 aromatic carbocycles. The van der Waals surface area contributed by atoms with Crippen LogP contribution in [-0.4, -0.2) is 25.9 Å². The molecule has 164 valence electrons. The Balaban J connectivity index is 1.89. The largest absolute Gasteiger partial charge is 0.506 e. The summed E-state index contributed by atoms with van der Waals surface area (Å²) in [6.07, 6.45) is 5.92. The van der Waals surface area contributed by atoms with Gasteiger partial charge in [-0.1, -0.05) is 0 Å². The van der Waals surface area contributed by atoms with Crippen molar-refractivity contribution < 1.29 is 9.84 Å². The number of benzene rings is 2. The van der Waals surface area contributed by atoms with Crippen LogP contribution in [0, 0.1) is 0 Å². The molecule has 0 unspecified atom stereocenters. The highest BCUT2D eigenvalue weighted by Gasteiger charge is 2.23. The number of fused-ring (bicyclic) bond motifs is 2. The summed E-state index contributed by atoms with van der Waals surface area (Å²) < 4.78 is 9.71. The van der Waals surface area contributed by atoms with E-state index in [1.165, 1.54) is 22.7 Å². The predicted octanol–water partition coefficient (Wildman–Crippen LogP) is 3.29. The second-order valence-corrected chi connectivity index (χ2v) is 8.36. The third-order valence-corrected chi connectivity index (χ3v) is 6.50. The minimum atomic E-state index is -0.393. The third-order valence-electron chi connectivity index (χ3n) is 6.50. The molecule has 0 spiro atoms. The van der Waals surface area contributed by atoms with Crippen LogP contribution in [0.4, 0.5) is 0 Å². The summed E-state index contributed by atoms with van der Waals surface area (Å²) in [7, 11) is 4.73. The molecule has 1 aliphatic carbocycles. The fourth-order valence-corrected chi connectivity index (χ4v) is 4.72. The van der Waals surface area contributed by atoms with E-state index >= 15 is 0 Å². The molecule has 0 radical (unpaired) electrons. The molecule has 0 saturated carbocycles. The lowest BCUT2D eigenvalue weighted by Gasteiger charge is -2.19. The molecule has 0 fully saturated rings. The van der Waals surface area contributed by atoms with Crippen molar-refractivity contribution in [3.63, 3.8) is 0 Å². The van der Waals surface area contributed by atoms with Gasteiger partial charge in [-0.2, -0.15) is 0 Å². The van der Waals surface area contributed by atoms with Crippen LogP contribution < -0.4 is 16.0 Å². The smallest absolute Gasteiger partial charge is 0.330 e. The third kappa shape index (κ3) is 2.96. The lowest BCUT2D eigenvalue weighted by Crippen LogP contribution is -2.36. The van der Waals surface area contributed by atoms with Crippen molar-refractivity contribution >= 4 is 10.9 Å². The van der Waals surface area contributed by atoms with Crippen molar-refractivity contribution in [2.75, 3.05) is 7.11 Å². The Morgan fingerprint density at radius 3 is 2.25 bits per heavy atom. The second-order valence-electron chi connectivity index (χ2n) is 8.36. The molecule has 32 heavy (non-hydrogen) atoms. The highest BCUT2D eigenvalue weighted by atomic mass is 16.5. The van der Waals surface area contributed by atoms with Crippen LogP contribution in [0.1, 0.15) is 24.0 Å². The Hall–Kier alpha value is -3.74. The van der Waals surface area contributed by atoms with E-state index in [0.29, 0.717) is 28.0 Å². The van der Waals surface area contributed by atoms with Crippen molar-refractivity contribution in [1.29, 1.82) is 0 Å². The van der Waals surface area contributed by atoms with Crippen molar-refractivity contribution in [3.8, 4) is 28.4 Å². The van der Waals surface area contributed by atoms with Crippen LogP contribution in [0.25, 0.3) is 27.8 Å². The zero-order chi connectivity index (χ0) is 22.6. The summed E-state index contributed by atoms with van der Waals surface area (Å²) in [5.41, 5.74) is 4.15. The Kier molecular flexibility index (Phi) is 4.69. The molecule has 2 heterocycles. The van der Waals surface area contributed by atoms with Gasteiger partial charge in [0, 0.05) is 20.3 Å². The van der Waals surface area contributed by atoms with Gasteiger partial charge in [0.1, 0.15) is 11.5 Å². The van der Waals surface area contributed by atoms with Gasteiger partial charge in [0.2, 0.25) is 0 Å². The van der Waals surface area contributed by atoms with E-state index in [4.69, 9.17) is 4.74 Å². The molecule has 0 atom stereocenters. The second kappa shape index (κ2) is 7.44. The number of hydrogen-bond donors (Lipinski definition) is 1. The summed E-state index contributed by atoms with van der Waals surface area (Å²) in [6.45, 7) is 0. The van der Waals surface area contributed by atoms with Crippen LogP contribution in [0.5, 0.6) is 11.5 Å². The zero-order valence-corrected chi connectivity index (χ0v) is 18.4. The molecule has 0 bridgehead atoms. The number of hydrogen-bond acceptors (Lipinski definition) is 4. The highest BCUT2D eigenvalue weighted by Crippen LogP contribution is 2.37. The van der Waals surface area contributed by atoms with Crippen LogP contribution >= 0.6 is 0 Å². The van der Waals surface area contributed by atoms with E-state index in [1.807, 2.05) is 41.0 Å². The normalized spacial score (nSPS) is 13.3. The van der Waals surface area contributed by atoms with Gasteiger partial charge in [-0.25, -0.2) is 4.79 Å². The summed E-state index contributed by atoms with van der Waals surface area (Å²) >= 11 is 0. The molecular formula is C25H25N3O4. The number of ether oxygens (including phenoxy) is 1. The monoisotopic (exact) mass is 431 g/mol. The maximum absolute atomic E-state index is 13.2. The maximum atomic E-state index is 13.2. The van der Waals surface area contributed by atoms with Crippen molar-refractivity contribution in [1.82, 2.24) is 13.7 Å². The van der Waals surface area contributed by atoms with Crippen LogP contribution in [0.15, 0.2) is 52.2 Å². The molecule has 1 N–H and O–H groups in total. The SMILES string of the molecule is COc1ccc(-c2c3c(=O)n(C)c(=O)n(C)c3cn2-c2cc3c(cc2O)CCCC3)cc1. The molecule has 4 aromatic rings. The van der Waals surface area contributed by atoms with Gasteiger partial charge in [-0.05, 0) is 78.8 Å². The first-order valence-electron chi connectivity index (χ1n) is 10.7. The first kappa shape index (κ1) is 20.2. The average Bonchev–Trinajstić information content (AvgIpc) is 3.21. The standard InChI is InChI=1S/C25H25N3O4/c1-26-20-14-28(19-12-16-6-4-5-7-17(16)13-21(19)29)23(15-8-10-18(32-3)11-9-15)22(20)24(30)27(2)25(26)31/h8-14,29H,4-7H2,1-3H3. The summed E-state index contributed by atoms with van der Waals surface area (Å²) in [5.74, 6) is 0.857. The molecule has 7 nitrogen and oxygen atoms in total. The van der Waals surface area contributed by atoms with Crippen molar-refractivity contribution in [2.45, 2.75) is 25.7 Å². The Morgan fingerprint density at radius 2 is 1.59 bits per heavy atom. The van der Waals surface area contributed by atoms with Gasteiger partial charge in [0.15, 0.2) is 0 Å². The van der Waals surface area contributed by atoms with E-state index in [-0.39, 0.29) is 11.3 Å². The van der Waals surface area contributed by atoms with Gasteiger partial charge in [-0.15, -0.1) is 0 Å². The van der Waals surface area contributed by atoms with Gasteiger partial charge < -0.3 is 14.4 Å². The van der Waals surface area contributed by atoms with Gasteiger partial charge >= 0.3 is 5.69 Å². The van der Waals surface area contributed by atoms with Gasteiger partial charge in [0.25, 0.3) is 5.56 Å². The van der Waals surface area contributed by atoms with E-state index < -0.39 is 5.69 Å². The molecule has 0 aliphatic heterocycles. The Bertz CT molecular complexity index is 1470. The number of nitrogens with zero attached hydrogens (tertiary/aromatic N) is 3. The maximum Gasteiger partial charge on any atom is 0.330 e. The number of aromatic hydroxyl groups is 1. The molecule has 5 rings (SSSR count). The quantitative estimate of drug-likeness (QED) is 0.540. The molecule has 0 amide bonds. The fourth-order valence-electron chi connectivity index (χ4n) is 4.72. The lowest BCUT2D eigenvalue weighted by molar-refractivity contribution is 0.415. The van der Waals surface area contributed by atoms with E-state index in [2.05, 4.69) is 0 Å². The minimum absolute atomic E-state index is 0.155. The zero-order valence-electron chi connectivity index (χ0n) is 18.4. The van der Waals surface area contributed by atoms with E-state index in [0.717, 1.165) is 35.8 Å². The molecule has 1 aliphatic rings. The number of phenols is 1. The predicted molar refractivity (Wildman–Crippen MR) is 124 cm³/mol. The summed E-state index contributed by atoms with van der Waals surface area (Å²) in [4.78, 5) is 25.8. The minimum Gasteiger partial charge on any atom is -0.506 e. The number of rotatable bonds is 3. The number of aryl methyl sites for hydroxylation is 3.